The van der Waals surface area contributed by atoms with Gasteiger partial charge in [-0.25, -0.2) is 4.85 Å². The van der Waals surface area contributed by atoms with Gasteiger partial charge in [-0.1, -0.05) is 30.3 Å². The summed E-state index contributed by atoms with van der Waals surface area (Å²) >= 11 is 1.83. The van der Waals surface area contributed by atoms with Crippen molar-refractivity contribution in [3.8, 4) is 10.6 Å². The summed E-state index contributed by atoms with van der Waals surface area (Å²) in [7, 11) is 2.08. The first-order valence-electron chi connectivity index (χ1n) is 7.47. The van der Waals surface area contributed by atoms with E-state index in [1.807, 2.05) is 23.5 Å². The Morgan fingerprint density at radius 1 is 1.04 bits per heavy atom. The van der Waals surface area contributed by atoms with Gasteiger partial charge in [0.2, 0.25) is 5.69 Å². The lowest BCUT2D eigenvalue weighted by molar-refractivity contribution is -0.659. The van der Waals surface area contributed by atoms with Crippen LogP contribution in [-0.2, 0) is 7.05 Å². The van der Waals surface area contributed by atoms with E-state index in [9.17, 15) is 0 Å². The molecule has 0 saturated carbocycles. The zero-order valence-corrected chi connectivity index (χ0v) is 13.8. The molecule has 110 valence electrons. The van der Waals surface area contributed by atoms with Gasteiger partial charge in [-0.2, -0.15) is 4.57 Å². The Labute approximate surface area is 139 Å². The smallest absolute Gasteiger partial charge is 0.230 e. The van der Waals surface area contributed by atoms with Crippen molar-refractivity contribution in [2.75, 3.05) is 0 Å². The molecule has 0 aliphatic heterocycles. The Balaban J connectivity index is 2.09. The molecule has 0 saturated heterocycles. The van der Waals surface area contributed by atoms with E-state index in [0.717, 1.165) is 5.39 Å². The third-order valence-electron chi connectivity index (χ3n) is 4.31. The van der Waals surface area contributed by atoms with Gasteiger partial charge in [0.05, 0.1) is 12.0 Å². The number of hydrogen-bond donors (Lipinski definition) is 0. The maximum atomic E-state index is 7.21. The van der Waals surface area contributed by atoms with E-state index in [1.165, 1.54) is 31.6 Å². The molecular weight excluding hydrogens is 300 g/mol. The van der Waals surface area contributed by atoms with Crippen molar-refractivity contribution in [1.29, 1.82) is 0 Å². The summed E-state index contributed by atoms with van der Waals surface area (Å²) in [6, 6.07) is 16.6. The van der Waals surface area contributed by atoms with Crippen molar-refractivity contribution in [2.24, 2.45) is 7.05 Å². The van der Waals surface area contributed by atoms with Crippen molar-refractivity contribution < 1.29 is 4.57 Å². The van der Waals surface area contributed by atoms with Crippen molar-refractivity contribution in [1.82, 2.24) is 0 Å². The highest BCUT2D eigenvalue weighted by Gasteiger charge is 2.20. The average Bonchev–Trinajstić information content (AvgIpc) is 2.91. The zero-order valence-electron chi connectivity index (χ0n) is 13.0. The molecule has 0 N–H and O–H groups in total. The highest BCUT2D eigenvalue weighted by Crippen LogP contribution is 2.39. The molecule has 0 bridgehead atoms. The molecule has 0 aliphatic rings. The minimum atomic E-state index is 0.686. The van der Waals surface area contributed by atoms with Gasteiger partial charge in [0.15, 0.2) is 11.9 Å². The lowest BCUT2D eigenvalue weighted by Gasteiger charge is -2.05. The van der Waals surface area contributed by atoms with Crippen LogP contribution in [-0.4, -0.2) is 0 Å². The van der Waals surface area contributed by atoms with Crippen LogP contribution in [0.4, 0.5) is 5.69 Å². The van der Waals surface area contributed by atoms with Crippen LogP contribution in [0.25, 0.3) is 36.3 Å². The standard InChI is InChI=1S/C20H15N2S/c1-13-16-6-4-5-7-18(16)23-20(13)19-17-9-8-15(21-2)12-14(17)10-11-22(19)3/h4-12H,1,3H3/q+1. The van der Waals surface area contributed by atoms with E-state index in [-0.39, 0.29) is 0 Å². The lowest BCUT2D eigenvalue weighted by atomic mass is 10.0. The van der Waals surface area contributed by atoms with Crippen molar-refractivity contribution in [3.63, 3.8) is 0 Å². The van der Waals surface area contributed by atoms with Crippen LogP contribution >= 0.6 is 11.3 Å². The first-order chi connectivity index (χ1) is 11.2. The van der Waals surface area contributed by atoms with E-state index in [4.69, 9.17) is 6.57 Å². The molecule has 2 nitrogen and oxygen atoms in total. The summed E-state index contributed by atoms with van der Waals surface area (Å²) < 4.78 is 3.49. The van der Waals surface area contributed by atoms with Crippen LogP contribution in [0.1, 0.15) is 5.56 Å². The molecule has 2 heterocycles. The molecule has 0 unspecified atom stereocenters. The maximum Gasteiger partial charge on any atom is 0.230 e. The molecule has 0 spiro atoms. The number of pyridine rings is 1. The molecule has 4 rings (SSSR count). The van der Waals surface area contributed by atoms with Gasteiger partial charge in [0, 0.05) is 10.8 Å². The molecule has 23 heavy (non-hydrogen) atoms. The topological polar surface area (TPSA) is 8.24 Å². The minimum absolute atomic E-state index is 0.686. The molecule has 0 radical (unpaired) electrons. The van der Waals surface area contributed by atoms with Crippen LogP contribution in [0.5, 0.6) is 0 Å². The Kier molecular flexibility index (Phi) is 3.14. The van der Waals surface area contributed by atoms with E-state index in [0.29, 0.717) is 5.69 Å². The molecule has 0 fully saturated rings. The Morgan fingerprint density at radius 2 is 1.87 bits per heavy atom. The number of aryl methyl sites for hydroxylation is 2. The van der Waals surface area contributed by atoms with E-state index in [2.05, 4.69) is 66.0 Å². The van der Waals surface area contributed by atoms with Crippen molar-refractivity contribution in [2.45, 2.75) is 6.92 Å². The van der Waals surface area contributed by atoms with Gasteiger partial charge in [-0.15, -0.1) is 11.3 Å². The monoisotopic (exact) mass is 315 g/mol. The third-order valence-corrected chi connectivity index (χ3v) is 5.59. The van der Waals surface area contributed by atoms with E-state index >= 15 is 0 Å². The largest absolute Gasteiger partial charge is 0.238 e. The Hall–Kier alpha value is -2.70. The summed E-state index contributed by atoms with van der Waals surface area (Å²) in [5, 5.41) is 3.63. The van der Waals surface area contributed by atoms with E-state index < -0.39 is 0 Å². The van der Waals surface area contributed by atoms with Gasteiger partial charge < -0.3 is 0 Å². The van der Waals surface area contributed by atoms with Crippen LogP contribution in [0.15, 0.2) is 54.7 Å². The third kappa shape index (κ3) is 2.11. The SMILES string of the molecule is [C-]#[N+]c1ccc2c(-c3sc4ccccc4c3C)[n+](C)ccc2c1. The predicted molar refractivity (Wildman–Crippen MR) is 96.9 cm³/mol. The molecule has 4 aromatic rings. The summed E-state index contributed by atoms with van der Waals surface area (Å²) in [4.78, 5) is 4.84. The minimum Gasteiger partial charge on any atom is -0.238 e. The predicted octanol–water partition coefficient (Wildman–Crippen LogP) is 5.41. The molecule has 2 aromatic carbocycles. The number of thiophene rings is 1. The molecular formula is C20H15N2S+. The molecule has 3 heteroatoms. The maximum absolute atomic E-state index is 7.21. The van der Waals surface area contributed by atoms with Crippen molar-refractivity contribution in [3.05, 3.63) is 71.7 Å². The highest BCUT2D eigenvalue weighted by atomic mass is 32.1. The quantitative estimate of drug-likeness (QED) is 0.328. The summed E-state index contributed by atoms with van der Waals surface area (Å²) in [5.41, 5.74) is 3.23. The number of fused-ring (bicyclic) bond motifs is 2. The number of rotatable bonds is 1. The highest BCUT2D eigenvalue weighted by molar-refractivity contribution is 7.22. The molecule has 2 aromatic heterocycles. The summed E-state index contributed by atoms with van der Waals surface area (Å²) in [6.07, 6.45) is 2.08. The van der Waals surface area contributed by atoms with Gasteiger partial charge in [0.1, 0.15) is 11.9 Å². The number of aromatic nitrogens is 1. The van der Waals surface area contributed by atoms with E-state index in [1.54, 1.807) is 0 Å². The van der Waals surface area contributed by atoms with Gasteiger partial charge >= 0.3 is 0 Å². The first-order valence-corrected chi connectivity index (χ1v) is 8.29. The Morgan fingerprint density at radius 3 is 2.65 bits per heavy atom. The van der Waals surface area contributed by atoms with Crippen LogP contribution in [0, 0.1) is 13.5 Å². The number of nitrogens with zero attached hydrogens (tertiary/aromatic N) is 2. The molecule has 0 amide bonds. The Bertz CT molecular complexity index is 1100. The fraction of sp³-hybridized carbons (Fsp3) is 0.100. The van der Waals surface area contributed by atoms with Crippen LogP contribution in [0.2, 0.25) is 0 Å². The van der Waals surface area contributed by atoms with Gasteiger partial charge in [-0.05, 0) is 35.4 Å². The number of hydrogen-bond acceptors (Lipinski definition) is 1. The average molecular weight is 315 g/mol. The first kappa shape index (κ1) is 13.9. The van der Waals surface area contributed by atoms with Gasteiger partial charge in [0.25, 0.3) is 0 Å². The van der Waals surface area contributed by atoms with Crippen molar-refractivity contribution >= 4 is 37.9 Å². The second-order valence-electron chi connectivity index (χ2n) is 5.71. The van der Waals surface area contributed by atoms with Crippen LogP contribution < -0.4 is 4.57 Å². The zero-order chi connectivity index (χ0) is 16.0. The molecule has 0 atom stereocenters. The number of benzene rings is 2. The second kappa shape index (κ2) is 5.19. The van der Waals surface area contributed by atoms with Gasteiger partial charge in [-0.3, -0.25) is 0 Å². The van der Waals surface area contributed by atoms with Crippen LogP contribution in [0.3, 0.4) is 0 Å². The lowest BCUT2D eigenvalue weighted by Crippen LogP contribution is -2.30. The normalized spacial score (nSPS) is 11.0. The summed E-state index contributed by atoms with van der Waals surface area (Å²) in [6.45, 7) is 9.40. The fourth-order valence-corrected chi connectivity index (χ4v) is 4.42. The fourth-order valence-electron chi connectivity index (χ4n) is 3.11. The second-order valence-corrected chi connectivity index (χ2v) is 6.76. The summed E-state index contributed by atoms with van der Waals surface area (Å²) in [5.74, 6) is 0. The molecule has 0 aliphatic carbocycles.